The van der Waals surface area contributed by atoms with E-state index in [4.69, 9.17) is 10.00 Å². The van der Waals surface area contributed by atoms with Crippen molar-refractivity contribution in [2.75, 3.05) is 18.1 Å². The van der Waals surface area contributed by atoms with Crippen LogP contribution in [0.2, 0.25) is 0 Å². The first kappa shape index (κ1) is 16.9. The molecule has 3 aromatic rings. The lowest BCUT2D eigenvalue weighted by atomic mass is 10.1. The van der Waals surface area contributed by atoms with E-state index >= 15 is 0 Å². The molecule has 0 N–H and O–H groups in total. The van der Waals surface area contributed by atoms with Gasteiger partial charge in [0.2, 0.25) is 5.95 Å². The Labute approximate surface area is 157 Å². The molecule has 6 nitrogen and oxygen atoms in total. The number of imidazole rings is 1. The number of nitrogens with zero attached hydrogens (tertiary/aromatic N) is 4. The lowest BCUT2D eigenvalue weighted by Crippen LogP contribution is -2.40. The average Bonchev–Trinajstić information content (AvgIpc) is 3.17. The van der Waals surface area contributed by atoms with Gasteiger partial charge in [0, 0.05) is 24.8 Å². The van der Waals surface area contributed by atoms with Crippen LogP contribution >= 0.6 is 0 Å². The van der Waals surface area contributed by atoms with E-state index in [0.717, 1.165) is 24.2 Å². The summed E-state index contributed by atoms with van der Waals surface area (Å²) in [7, 11) is 0. The number of hydrogen-bond acceptors (Lipinski definition) is 4. The minimum atomic E-state index is -0.122. The minimum absolute atomic E-state index is 0.0316. The van der Waals surface area contributed by atoms with Crippen molar-refractivity contribution in [1.82, 2.24) is 9.55 Å². The molecule has 134 valence electrons. The first-order valence-corrected chi connectivity index (χ1v) is 8.80. The van der Waals surface area contributed by atoms with E-state index in [1.165, 1.54) is 0 Å². The van der Waals surface area contributed by atoms with E-state index in [9.17, 15) is 4.79 Å². The fourth-order valence-electron chi connectivity index (χ4n) is 3.15. The van der Waals surface area contributed by atoms with Crippen LogP contribution in [-0.4, -0.2) is 28.6 Å². The molecule has 6 heteroatoms. The Kier molecular flexibility index (Phi) is 4.58. The zero-order chi connectivity index (χ0) is 18.6. The van der Waals surface area contributed by atoms with Gasteiger partial charge in [0.05, 0.1) is 17.3 Å². The minimum Gasteiger partial charge on any atom is -0.484 e. The predicted octanol–water partition coefficient (Wildman–Crippen LogP) is 3.24. The van der Waals surface area contributed by atoms with Crippen molar-refractivity contribution in [2.45, 2.75) is 13.0 Å². The van der Waals surface area contributed by atoms with Gasteiger partial charge >= 0.3 is 0 Å². The van der Waals surface area contributed by atoms with Gasteiger partial charge in [-0.05, 0) is 30.7 Å². The summed E-state index contributed by atoms with van der Waals surface area (Å²) >= 11 is 0. The summed E-state index contributed by atoms with van der Waals surface area (Å²) < 4.78 is 7.58. The summed E-state index contributed by atoms with van der Waals surface area (Å²) in [5.41, 5.74) is 2.21. The maximum atomic E-state index is 12.7. The van der Waals surface area contributed by atoms with Gasteiger partial charge in [-0.3, -0.25) is 9.69 Å². The molecule has 2 aromatic carbocycles. The highest BCUT2D eigenvalue weighted by molar-refractivity contribution is 5.93. The normalized spacial score (nSPS) is 12.9. The molecule has 0 aliphatic carbocycles. The van der Waals surface area contributed by atoms with E-state index in [0.29, 0.717) is 23.8 Å². The standard InChI is InChI=1S/C21H18N4O2/c22-13-16-6-4-7-17(12-16)19-14-24-10-5-11-25(21(24)23-19)20(26)15-27-18-8-2-1-3-9-18/h1-4,6-9,12,14H,5,10-11,15H2. The van der Waals surface area contributed by atoms with Gasteiger partial charge < -0.3 is 9.30 Å². The highest BCUT2D eigenvalue weighted by Gasteiger charge is 2.25. The molecular weight excluding hydrogens is 340 g/mol. The van der Waals surface area contributed by atoms with Crippen LogP contribution in [-0.2, 0) is 11.3 Å². The smallest absolute Gasteiger partial charge is 0.267 e. The number of hydrogen-bond donors (Lipinski definition) is 0. The molecular formula is C21H18N4O2. The summed E-state index contributed by atoms with van der Waals surface area (Å²) in [6.45, 7) is 1.39. The third-order valence-electron chi connectivity index (χ3n) is 4.47. The number of para-hydroxylation sites is 1. The van der Waals surface area contributed by atoms with Crippen LogP contribution in [0.3, 0.4) is 0 Å². The second-order valence-corrected chi connectivity index (χ2v) is 6.31. The molecule has 0 saturated carbocycles. The molecule has 27 heavy (non-hydrogen) atoms. The predicted molar refractivity (Wildman–Crippen MR) is 101 cm³/mol. The van der Waals surface area contributed by atoms with Crippen LogP contribution in [0.4, 0.5) is 5.95 Å². The number of carbonyl (C=O) groups is 1. The molecule has 0 atom stereocenters. The molecule has 0 saturated heterocycles. The van der Waals surface area contributed by atoms with Gasteiger partial charge in [0.1, 0.15) is 5.75 Å². The topological polar surface area (TPSA) is 71.2 Å². The molecule has 0 radical (unpaired) electrons. The Morgan fingerprint density at radius 3 is 2.81 bits per heavy atom. The number of aryl methyl sites for hydroxylation is 1. The van der Waals surface area contributed by atoms with Crippen LogP contribution in [0, 0.1) is 11.3 Å². The van der Waals surface area contributed by atoms with Crippen molar-refractivity contribution in [3.63, 3.8) is 0 Å². The summed E-state index contributed by atoms with van der Waals surface area (Å²) in [5.74, 6) is 1.17. The number of ether oxygens (including phenoxy) is 1. The number of amides is 1. The lowest BCUT2D eigenvalue weighted by Gasteiger charge is -2.27. The Bertz CT molecular complexity index is 1000. The summed E-state index contributed by atoms with van der Waals surface area (Å²) in [5, 5.41) is 9.10. The number of anilines is 1. The van der Waals surface area contributed by atoms with Crippen molar-refractivity contribution < 1.29 is 9.53 Å². The zero-order valence-corrected chi connectivity index (χ0v) is 14.7. The molecule has 0 bridgehead atoms. The lowest BCUT2D eigenvalue weighted by molar-refractivity contribution is -0.120. The number of rotatable bonds is 4. The van der Waals surface area contributed by atoms with E-state index < -0.39 is 0 Å². The Balaban J connectivity index is 1.55. The van der Waals surface area contributed by atoms with Crippen molar-refractivity contribution in [3.8, 4) is 23.1 Å². The van der Waals surface area contributed by atoms with Crippen molar-refractivity contribution in [2.24, 2.45) is 0 Å². The summed E-state index contributed by atoms with van der Waals surface area (Å²) in [4.78, 5) is 19.0. The number of benzene rings is 2. The van der Waals surface area contributed by atoms with E-state index in [1.807, 2.05) is 53.2 Å². The first-order chi connectivity index (χ1) is 13.2. The van der Waals surface area contributed by atoms with Crippen LogP contribution < -0.4 is 9.64 Å². The van der Waals surface area contributed by atoms with Crippen LogP contribution in [0.5, 0.6) is 5.75 Å². The van der Waals surface area contributed by atoms with Gasteiger partial charge in [0.25, 0.3) is 5.91 Å². The van der Waals surface area contributed by atoms with Crippen LogP contribution in [0.25, 0.3) is 11.3 Å². The molecule has 2 heterocycles. The Hall–Kier alpha value is -3.59. The van der Waals surface area contributed by atoms with Crippen molar-refractivity contribution in [3.05, 3.63) is 66.4 Å². The fourth-order valence-corrected chi connectivity index (χ4v) is 3.15. The largest absolute Gasteiger partial charge is 0.484 e. The fraction of sp³-hybridized carbons (Fsp3) is 0.190. The Morgan fingerprint density at radius 1 is 1.15 bits per heavy atom. The summed E-state index contributed by atoms with van der Waals surface area (Å²) in [6, 6.07) is 18.8. The molecule has 1 aliphatic rings. The Morgan fingerprint density at radius 2 is 2.00 bits per heavy atom. The second kappa shape index (κ2) is 7.34. The van der Waals surface area contributed by atoms with Gasteiger partial charge in [-0.1, -0.05) is 30.3 Å². The maximum absolute atomic E-state index is 12.7. The molecule has 1 aromatic heterocycles. The second-order valence-electron chi connectivity index (χ2n) is 6.31. The van der Waals surface area contributed by atoms with Crippen molar-refractivity contribution >= 4 is 11.9 Å². The monoisotopic (exact) mass is 358 g/mol. The highest BCUT2D eigenvalue weighted by Crippen LogP contribution is 2.27. The van der Waals surface area contributed by atoms with Crippen LogP contribution in [0.15, 0.2) is 60.8 Å². The van der Waals surface area contributed by atoms with Crippen LogP contribution in [0.1, 0.15) is 12.0 Å². The molecule has 0 unspecified atom stereocenters. The molecule has 4 rings (SSSR count). The third kappa shape index (κ3) is 3.53. The van der Waals surface area contributed by atoms with Gasteiger partial charge in [-0.2, -0.15) is 5.26 Å². The average molecular weight is 358 g/mol. The van der Waals surface area contributed by atoms with Crippen molar-refractivity contribution in [1.29, 1.82) is 5.26 Å². The van der Waals surface area contributed by atoms with E-state index in [-0.39, 0.29) is 12.5 Å². The van der Waals surface area contributed by atoms with Gasteiger partial charge in [0.15, 0.2) is 6.61 Å². The van der Waals surface area contributed by atoms with Gasteiger partial charge in [-0.15, -0.1) is 0 Å². The molecule has 0 spiro atoms. The van der Waals surface area contributed by atoms with E-state index in [1.54, 1.807) is 17.0 Å². The SMILES string of the molecule is N#Cc1cccc(-c2cn3c(n2)N(C(=O)COc2ccccc2)CCC3)c1. The number of carbonyl (C=O) groups excluding carboxylic acids is 1. The maximum Gasteiger partial charge on any atom is 0.267 e. The molecule has 1 amide bonds. The molecule has 0 fully saturated rings. The van der Waals surface area contributed by atoms with Gasteiger partial charge in [-0.25, -0.2) is 4.98 Å². The first-order valence-electron chi connectivity index (χ1n) is 8.80. The number of nitriles is 1. The quantitative estimate of drug-likeness (QED) is 0.718. The summed E-state index contributed by atoms with van der Waals surface area (Å²) in [6.07, 6.45) is 2.79. The van der Waals surface area contributed by atoms with E-state index in [2.05, 4.69) is 11.1 Å². The highest BCUT2D eigenvalue weighted by atomic mass is 16.5. The number of aromatic nitrogens is 2. The zero-order valence-electron chi connectivity index (χ0n) is 14.7. The third-order valence-corrected chi connectivity index (χ3v) is 4.47. The number of fused-ring (bicyclic) bond motifs is 1. The molecule has 1 aliphatic heterocycles.